The molecule has 0 atom stereocenters. The molecule has 120 valence electrons. The highest BCUT2D eigenvalue weighted by Crippen LogP contribution is 2.35. The number of hydrogen-bond donors (Lipinski definition) is 2. The average molecular weight is 326 g/mol. The first kappa shape index (κ1) is 13.9. The summed E-state index contributed by atoms with van der Waals surface area (Å²) in [4.78, 5) is 21.3. The van der Waals surface area contributed by atoms with Crippen LogP contribution in [-0.4, -0.2) is 16.0 Å². The van der Waals surface area contributed by atoms with E-state index in [-0.39, 0.29) is 6.03 Å². The lowest BCUT2D eigenvalue weighted by Crippen LogP contribution is -2.34. The maximum Gasteiger partial charge on any atom is 0.319 e. The number of urea groups is 1. The van der Waals surface area contributed by atoms with Gasteiger partial charge in [0.05, 0.1) is 22.4 Å². The predicted octanol–water partition coefficient (Wildman–Crippen LogP) is 4.09. The predicted molar refractivity (Wildman–Crippen MR) is 98.3 cm³/mol. The van der Waals surface area contributed by atoms with Crippen molar-refractivity contribution in [1.29, 1.82) is 0 Å². The Hall–Kier alpha value is -3.47. The Morgan fingerprint density at radius 1 is 0.960 bits per heavy atom. The van der Waals surface area contributed by atoms with E-state index in [1.54, 1.807) is 0 Å². The van der Waals surface area contributed by atoms with E-state index in [0.29, 0.717) is 6.54 Å². The summed E-state index contributed by atoms with van der Waals surface area (Å²) in [6.45, 7) is 0.446. The average Bonchev–Trinajstić information content (AvgIpc) is 2.67. The number of fused-ring (bicyclic) bond motifs is 4. The molecule has 0 bridgehead atoms. The molecule has 0 spiro atoms. The number of aromatic nitrogens is 2. The van der Waals surface area contributed by atoms with Gasteiger partial charge in [-0.2, -0.15) is 0 Å². The molecule has 0 saturated heterocycles. The number of nitrogens with zero attached hydrogens (tertiary/aromatic N) is 2. The van der Waals surface area contributed by atoms with Crippen molar-refractivity contribution in [3.63, 3.8) is 0 Å². The minimum atomic E-state index is -0.188. The highest BCUT2D eigenvalue weighted by Gasteiger charge is 2.22. The van der Waals surface area contributed by atoms with Gasteiger partial charge in [0.2, 0.25) is 0 Å². The molecule has 25 heavy (non-hydrogen) atoms. The van der Waals surface area contributed by atoms with E-state index in [4.69, 9.17) is 4.98 Å². The monoisotopic (exact) mass is 326 g/mol. The van der Waals surface area contributed by atoms with Gasteiger partial charge in [-0.15, -0.1) is 0 Å². The zero-order chi connectivity index (χ0) is 16.8. The lowest BCUT2D eigenvalue weighted by atomic mass is 9.99. The maximum absolute atomic E-state index is 11.8. The van der Waals surface area contributed by atoms with Crippen LogP contribution in [0.25, 0.3) is 33.1 Å². The van der Waals surface area contributed by atoms with Gasteiger partial charge in [-0.25, -0.2) is 9.78 Å². The van der Waals surface area contributed by atoms with Crippen LogP contribution in [0.3, 0.4) is 0 Å². The topological polar surface area (TPSA) is 66.9 Å². The second-order valence-corrected chi connectivity index (χ2v) is 6.06. The van der Waals surface area contributed by atoms with Gasteiger partial charge < -0.3 is 10.6 Å². The third-order valence-electron chi connectivity index (χ3n) is 4.52. The van der Waals surface area contributed by atoms with Crippen molar-refractivity contribution in [3.05, 3.63) is 66.4 Å². The summed E-state index contributed by atoms with van der Waals surface area (Å²) in [5.74, 6) is 0. The summed E-state index contributed by atoms with van der Waals surface area (Å²) < 4.78 is 0. The zero-order valence-electron chi connectivity index (χ0n) is 13.3. The van der Waals surface area contributed by atoms with E-state index in [0.717, 1.165) is 44.3 Å². The molecule has 1 aliphatic heterocycles. The van der Waals surface area contributed by atoms with E-state index in [2.05, 4.69) is 21.7 Å². The second-order valence-electron chi connectivity index (χ2n) is 6.06. The van der Waals surface area contributed by atoms with Gasteiger partial charge in [0, 0.05) is 34.6 Å². The van der Waals surface area contributed by atoms with Crippen LogP contribution in [0.1, 0.15) is 5.56 Å². The van der Waals surface area contributed by atoms with Crippen LogP contribution in [0.15, 0.2) is 60.8 Å². The molecule has 2 aromatic heterocycles. The second kappa shape index (κ2) is 5.27. The van der Waals surface area contributed by atoms with E-state index in [1.807, 2.05) is 54.7 Å². The minimum Gasteiger partial charge on any atom is -0.334 e. The quantitative estimate of drug-likeness (QED) is 0.554. The highest BCUT2D eigenvalue weighted by molar-refractivity contribution is 6.05. The molecule has 0 unspecified atom stereocenters. The number of carbonyl (C=O) groups excluding carboxylic acids is 1. The normalized spacial score (nSPS) is 13.4. The summed E-state index contributed by atoms with van der Waals surface area (Å²) in [6, 6.07) is 17.8. The van der Waals surface area contributed by atoms with Crippen LogP contribution in [0.5, 0.6) is 0 Å². The third kappa shape index (κ3) is 2.21. The number of nitrogens with one attached hydrogen (secondary N) is 2. The van der Waals surface area contributed by atoms with Crippen molar-refractivity contribution < 1.29 is 4.79 Å². The van der Waals surface area contributed by atoms with E-state index < -0.39 is 0 Å². The van der Waals surface area contributed by atoms with Crippen molar-refractivity contribution in [1.82, 2.24) is 15.3 Å². The number of pyridine rings is 2. The van der Waals surface area contributed by atoms with Crippen molar-refractivity contribution in [2.75, 3.05) is 5.32 Å². The van der Waals surface area contributed by atoms with Crippen molar-refractivity contribution in [2.24, 2.45) is 0 Å². The van der Waals surface area contributed by atoms with Crippen LogP contribution >= 0.6 is 0 Å². The summed E-state index contributed by atoms with van der Waals surface area (Å²) in [7, 11) is 0. The highest BCUT2D eigenvalue weighted by atomic mass is 16.2. The molecule has 5 heteroatoms. The number of anilines is 1. The molecule has 2 N–H and O–H groups in total. The Morgan fingerprint density at radius 2 is 1.76 bits per heavy atom. The van der Waals surface area contributed by atoms with Crippen LogP contribution in [-0.2, 0) is 6.54 Å². The van der Waals surface area contributed by atoms with Crippen LogP contribution in [0, 0.1) is 0 Å². The lowest BCUT2D eigenvalue weighted by Gasteiger charge is -2.22. The Balaban J connectivity index is 1.81. The maximum atomic E-state index is 11.8. The van der Waals surface area contributed by atoms with Gasteiger partial charge in [0.1, 0.15) is 0 Å². The molecule has 0 fully saturated rings. The molecule has 2 amide bonds. The summed E-state index contributed by atoms with van der Waals surface area (Å²) in [5.41, 5.74) is 5.41. The number of carbonyl (C=O) groups is 1. The van der Waals surface area contributed by atoms with Crippen molar-refractivity contribution >= 4 is 33.5 Å². The lowest BCUT2D eigenvalue weighted by molar-refractivity contribution is 0.251. The van der Waals surface area contributed by atoms with Gasteiger partial charge in [0.25, 0.3) is 0 Å². The minimum absolute atomic E-state index is 0.188. The fourth-order valence-electron chi connectivity index (χ4n) is 3.33. The van der Waals surface area contributed by atoms with Crippen molar-refractivity contribution in [2.45, 2.75) is 6.54 Å². The Morgan fingerprint density at radius 3 is 2.68 bits per heavy atom. The van der Waals surface area contributed by atoms with Gasteiger partial charge in [0.15, 0.2) is 0 Å². The number of para-hydroxylation sites is 2. The fraction of sp³-hybridized carbons (Fsp3) is 0.0500. The third-order valence-corrected chi connectivity index (χ3v) is 4.52. The van der Waals surface area contributed by atoms with Crippen LogP contribution in [0.4, 0.5) is 10.5 Å². The van der Waals surface area contributed by atoms with Gasteiger partial charge in [-0.3, -0.25) is 4.98 Å². The SMILES string of the molecule is O=C1NCc2c(-c3cnc4ccccc4c3)nc3ccccc3c2N1. The van der Waals surface area contributed by atoms with Gasteiger partial charge in [-0.05, 0) is 18.2 Å². The number of rotatable bonds is 1. The molecular weight excluding hydrogens is 312 g/mol. The largest absolute Gasteiger partial charge is 0.334 e. The molecule has 0 saturated carbocycles. The molecular formula is C20H14N4O. The van der Waals surface area contributed by atoms with Crippen LogP contribution < -0.4 is 10.6 Å². The number of amides is 2. The molecule has 5 nitrogen and oxygen atoms in total. The van der Waals surface area contributed by atoms with E-state index >= 15 is 0 Å². The Labute approximate surface area is 143 Å². The van der Waals surface area contributed by atoms with Gasteiger partial charge >= 0.3 is 6.03 Å². The number of benzene rings is 2. The molecule has 3 heterocycles. The molecule has 5 rings (SSSR count). The molecule has 4 aromatic rings. The zero-order valence-corrected chi connectivity index (χ0v) is 13.3. The number of hydrogen-bond acceptors (Lipinski definition) is 3. The van der Waals surface area contributed by atoms with Crippen molar-refractivity contribution in [3.8, 4) is 11.3 Å². The van der Waals surface area contributed by atoms with E-state index in [9.17, 15) is 4.79 Å². The smallest absolute Gasteiger partial charge is 0.319 e. The summed E-state index contributed by atoms with van der Waals surface area (Å²) in [6.07, 6.45) is 1.84. The first-order chi connectivity index (χ1) is 12.3. The Kier molecular flexibility index (Phi) is 2.94. The molecule has 0 aliphatic carbocycles. The molecule has 2 aromatic carbocycles. The van der Waals surface area contributed by atoms with Crippen LogP contribution in [0.2, 0.25) is 0 Å². The first-order valence-corrected chi connectivity index (χ1v) is 8.11. The molecule has 0 radical (unpaired) electrons. The Bertz CT molecular complexity index is 1150. The standard InChI is InChI=1S/C20H14N4O/c25-20-22-11-15-18(13-9-12-5-1-3-7-16(12)21-10-13)23-17-8-4-2-6-14(17)19(15)24-20/h1-10H,11H2,(H2,22,24,25). The summed E-state index contributed by atoms with van der Waals surface area (Å²) in [5, 5.41) is 7.79. The molecule has 1 aliphatic rings. The summed E-state index contributed by atoms with van der Waals surface area (Å²) >= 11 is 0. The van der Waals surface area contributed by atoms with E-state index in [1.165, 1.54) is 0 Å². The fourth-order valence-corrected chi connectivity index (χ4v) is 3.33. The first-order valence-electron chi connectivity index (χ1n) is 8.11. The van der Waals surface area contributed by atoms with Gasteiger partial charge in [-0.1, -0.05) is 36.4 Å².